The molecule has 5 heteroatoms. The molecule has 0 bridgehead atoms. The molecule has 1 aromatic rings. The minimum Gasteiger partial charge on any atom is -0.303 e. The Labute approximate surface area is 113 Å². The first-order valence-corrected chi connectivity index (χ1v) is 6.59. The van der Waals surface area contributed by atoms with Crippen LogP contribution in [-0.4, -0.2) is 17.0 Å². The van der Waals surface area contributed by atoms with E-state index in [4.69, 9.17) is 5.53 Å². The van der Waals surface area contributed by atoms with Gasteiger partial charge in [0.1, 0.15) is 0 Å². The topological polar surface area (TPSA) is 75.8 Å². The Morgan fingerprint density at radius 3 is 2.74 bits per heavy atom. The molecule has 98 valence electrons. The van der Waals surface area contributed by atoms with Crippen LogP contribution >= 0.6 is 0 Å². The number of azide groups is 1. The number of hydrogen-bond acceptors (Lipinski definition) is 3. The maximum Gasteiger partial charge on any atom is 0.179 e. The fourth-order valence-corrected chi connectivity index (χ4v) is 2.66. The summed E-state index contributed by atoms with van der Waals surface area (Å²) in [4.78, 5) is 4.68. The lowest BCUT2D eigenvalue weighted by Gasteiger charge is -2.34. The van der Waals surface area contributed by atoms with E-state index < -0.39 is 0 Å². The Morgan fingerprint density at radius 1 is 1.32 bits per heavy atom. The van der Waals surface area contributed by atoms with Crippen LogP contribution in [0.1, 0.15) is 31.2 Å². The molecule has 0 unspecified atom stereocenters. The van der Waals surface area contributed by atoms with Gasteiger partial charge in [0.15, 0.2) is 6.19 Å². The van der Waals surface area contributed by atoms with Gasteiger partial charge in [0.2, 0.25) is 0 Å². The van der Waals surface area contributed by atoms with Crippen molar-refractivity contribution in [3.63, 3.8) is 0 Å². The van der Waals surface area contributed by atoms with Gasteiger partial charge < -0.3 is 4.90 Å². The third-order valence-corrected chi connectivity index (χ3v) is 3.62. The van der Waals surface area contributed by atoms with Crippen molar-refractivity contribution >= 4 is 0 Å². The Balaban J connectivity index is 2.11. The van der Waals surface area contributed by atoms with Crippen LogP contribution in [0, 0.1) is 11.5 Å². The normalized spacial score (nSPS) is 22.1. The van der Waals surface area contributed by atoms with E-state index in [2.05, 4.69) is 16.2 Å². The Kier molecular flexibility index (Phi) is 4.66. The molecule has 0 aliphatic heterocycles. The second-order valence-electron chi connectivity index (χ2n) is 4.84. The molecule has 0 aromatic heterocycles. The first kappa shape index (κ1) is 13.3. The van der Waals surface area contributed by atoms with Gasteiger partial charge in [-0.2, -0.15) is 5.26 Å². The van der Waals surface area contributed by atoms with Crippen molar-refractivity contribution in [2.45, 2.75) is 44.3 Å². The van der Waals surface area contributed by atoms with Crippen molar-refractivity contribution < 1.29 is 0 Å². The summed E-state index contributed by atoms with van der Waals surface area (Å²) in [6, 6.07) is 9.87. The minimum absolute atomic E-state index is 0.0369. The summed E-state index contributed by atoms with van der Waals surface area (Å²) in [5.74, 6) is 0. The van der Waals surface area contributed by atoms with E-state index in [-0.39, 0.29) is 12.1 Å². The average Bonchev–Trinajstić information content (AvgIpc) is 2.47. The van der Waals surface area contributed by atoms with Crippen molar-refractivity contribution in [2.75, 3.05) is 0 Å². The SMILES string of the molecule is N#CN(Cc1ccccc1)[C@@H]1CCCC[C@H]1N=[N+]=[N-]. The molecule has 2 atom stereocenters. The standard InChI is InChI=1S/C14H17N5/c15-11-19(10-12-6-2-1-3-7-12)14-9-5-4-8-13(14)17-18-16/h1-3,6-7,13-14H,4-5,8-10H2/t13-,14-/m1/s1. The summed E-state index contributed by atoms with van der Waals surface area (Å²) in [6.45, 7) is 0.583. The summed E-state index contributed by atoms with van der Waals surface area (Å²) in [5, 5.41) is 13.2. The first-order valence-electron chi connectivity index (χ1n) is 6.59. The van der Waals surface area contributed by atoms with Crippen LogP contribution in [0.5, 0.6) is 0 Å². The van der Waals surface area contributed by atoms with Crippen molar-refractivity contribution in [3.8, 4) is 6.19 Å². The summed E-state index contributed by atoms with van der Waals surface area (Å²) in [5.41, 5.74) is 9.74. The van der Waals surface area contributed by atoms with Crippen LogP contribution in [-0.2, 0) is 6.54 Å². The molecule has 0 radical (unpaired) electrons. The van der Waals surface area contributed by atoms with Crippen LogP contribution in [0.2, 0.25) is 0 Å². The zero-order valence-corrected chi connectivity index (χ0v) is 10.8. The maximum absolute atomic E-state index is 9.37. The summed E-state index contributed by atoms with van der Waals surface area (Å²) in [6.07, 6.45) is 6.22. The van der Waals surface area contributed by atoms with Gasteiger partial charge in [0.05, 0.1) is 12.6 Å². The third kappa shape index (κ3) is 3.40. The lowest BCUT2D eigenvalue weighted by Crippen LogP contribution is -2.41. The van der Waals surface area contributed by atoms with Gasteiger partial charge >= 0.3 is 0 Å². The molecule has 2 rings (SSSR count). The second-order valence-corrected chi connectivity index (χ2v) is 4.84. The Hall–Kier alpha value is -2.18. The Morgan fingerprint density at radius 2 is 2.05 bits per heavy atom. The summed E-state index contributed by atoms with van der Waals surface area (Å²) in [7, 11) is 0. The van der Waals surface area contributed by atoms with E-state index in [9.17, 15) is 5.26 Å². The van der Waals surface area contributed by atoms with Gasteiger partial charge in [-0.05, 0) is 23.9 Å². The largest absolute Gasteiger partial charge is 0.303 e. The third-order valence-electron chi connectivity index (χ3n) is 3.62. The second kappa shape index (κ2) is 6.67. The number of benzene rings is 1. The monoisotopic (exact) mass is 255 g/mol. The average molecular weight is 255 g/mol. The van der Waals surface area contributed by atoms with Crippen molar-refractivity contribution in [1.29, 1.82) is 5.26 Å². The molecular weight excluding hydrogens is 238 g/mol. The van der Waals surface area contributed by atoms with Crippen LogP contribution in [0.25, 0.3) is 10.4 Å². The van der Waals surface area contributed by atoms with E-state index in [0.717, 1.165) is 31.2 Å². The van der Waals surface area contributed by atoms with Gasteiger partial charge in [-0.15, -0.1) is 0 Å². The lowest BCUT2D eigenvalue weighted by atomic mass is 9.89. The van der Waals surface area contributed by atoms with Crippen molar-refractivity contribution in [3.05, 3.63) is 46.3 Å². The predicted molar refractivity (Wildman–Crippen MR) is 72.8 cm³/mol. The smallest absolute Gasteiger partial charge is 0.179 e. The van der Waals surface area contributed by atoms with Crippen molar-refractivity contribution in [2.24, 2.45) is 5.11 Å². The highest BCUT2D eigenvalue weighted by atomic mass is 15.2. The van der Waals surface area contributed by atoms with Gasteiger partial charge in [0.25, 0.3) is 0 Å². The first-order chi connectivity index (χ1) is 9.35. The van der Waals surface area contributed by atoms with Gasteiger partial charge in [-0.3, -0.25) is 0 Å². The van der Waals surface area contributed by atoms with Crippen LogP contribution in [0.3, 0.4) is 0 Å². The number of rotatable bonds is 4. The van der Waals surface area contributed by atoms with E-state index in [1.54, 1.807) is 4.90 Å². The molecule has 1 fully saturated rings. The zero-order chi connectivity index (χ0) is 13.5. The van der Waals surface area contributed by atoms with Crippen LogP contribution < -0.4 is 0 Å². The molecule has 1 aliphatic carbocycles. The molecule has 0 spiro atoms. The fourth-order valence-electron chi connectivity index (χ4n) is 2.66. The van der Waals surface area contributed by atoms with E-state index in [1.807, 2.05) is 30.3 Å². The molecule has 1 aliphatic rings. The molecule has 0 amide bonds. The number of hydrogen-bond donors (Lipinski definition) is 0. The fraction of sp³-hybridized carbons (Fsp3) is 0.500. The maximum atomic E-state index is 9.37. The summed E-state index contributed by atoms with van der Waals surface area (Å²) >= 11 is 0. The lowest BCUT2D eigenvalue weighted by molar-refractivity contribution is 0.195. The van der Waals surface area contributed by atoms with Crippen molar-refractivity contribution in [1.82, 2.24) is 4.90 Å². The van der Waals surface area contributed by atoms with Crippen LogP contribution in [0.15, 0.2) is 35.4 Å². The summed E-state index contributed by atoms with van der Waals surface area (Å²) < 4.78 is 0. The van der Waals surface area contributed by atoms with Gasteiger partial charge in [-0.1, -0.05) is 48.3 Å². The number of nitrogens with zero attached hydrogens (tertiary/aromatic N) is 5. The molecule has 0 saturated heterocycles. The highest BCUT2D eigenvalue weighted by Gasteiger charge is 2.29. The molecule has 1 aromatic carbocycles. The van der Waals surface area contributed by atoms with E-state index >= 15 is 0 Å². The molecule has 19 heavy (non-hydrogen) atoms. The Bertz CT molecular complexity index is 486. The van der Waals surface area contributed by atoms with E-state index in [0.29, 0.717) is 6.54 Å². The van der Waals surface area contributed by atoms with Gasteiger partial charge in [-0.25, -0.2) is 0 Å². The van der Waals surface area contributed by atoms with Crippen LogP contribution in [0.4, 0.5) is 0 Å². The zero-order valence-electron chi connectivity index (χ0n) is 10.8. The highest BCUT2D eigenvalue weighted by Crippen LogP contribution is 2.26. The molecule has 1 saturated carbocycles. The molecular formula is C14H17N5. The van der Waals surface area contributed by atoms with Gasteiger partial charge in [0, 0.05) is 11.0 Å². The molecule has 5 nitrogen and oxygen atoms in total. The predicted octanol–water partition coefficient (Wildman–Crippen LogP) is 3.59. The molecule has 0 heterocycles. The number of nitriles is 1. The highest BCUT2D eigenvalue weighted by molar-refractivity contribution is 5.15. The minimum atomic E-state index is -0.0814. The quantitative estimate of drug-likeness (QED) is 0.271. The molecule has 0 N–H and O–H groups in total. The van der Waals surface area contributed by atoms with E-state index in [1.165, 1.54) is 0 Å².